The van der Waals surface area contributed by atoms with Crippen LogP contribution in [0.4, 0.5) is 0 Å². The highest BCUT2D eigenvalue weighted by Crippen LogP contribution is 2.27. The maximum atomic E-state index is 10.4. The highest BCUT2D eigenvalue weighted by atomic mass is 32.2. The molecule has 0 aliphatic carbocycles. The van der Waals surface area contributed by atoms with Gasteiger partial charge in [-0.05, 0) is 6.42 Å². The van der Waals surface area contributed by atoms with Crippen LogP contribution < -0.4 is 5.73 Å². The number of hydrogen-bond acceptors (Lipinski definition) is 3. The molecule has 78 valence electrons. The SMILES string of the molecule is CC(C)(CCO)SCC([NH3+])C(=O)O. The Hall–Kier alpha value is -0.260. The highest BCUT2D eigenvalue weighted by molar-refractivity contribution is 8.00. The zero-order valence-corrected chi connectivity index (χ0v) is 8.93. The predicted molar refractivity (Wildman–Crippen MR) is 52.6 cm³/mol. The number of rotatable bonds is 6. The molecule has 13 heavy (non-hydrogen) atoms. The van der Waals surface area contributed by atoms with Crippen LogP contribution in [0.3, 0.4) is 0 Å². The van der Waals surface area contributed by atoms with Gasteiger partial charge in [0.1, 0.15) is 0 Å². The lowest BCUT2D eigenvalue weighted by Gasteiger charge is -2.22. The fourth-order valence-electron chi connectivity index (χ4n) is 0.739. The van der Waals surface area contributed by atoms with Crippen molar-refractivity contribution in [3.63, 3.8) is 0 Å². The average molecular weight is 208 g/mol. The largest absolute Gasteiger partial charge is 0.477 e. The lowest BCUT2D eigenvalue weighted by Crippen LogP contribution is -2.66. The Labute approximate surface area is 82.5 Å². The van der Waals surface area contributed by atoms with Crippen molar-refractivity contribution in [3.8, 4) is 0 Å². The molecule has 0 bridgehead atoms. The molecule has 0 aliphatic heterocycles. The minimum Gasteiger partial charge on any atom is -0.477 e. The van der Waals surface area contributed by atoms with Gasteiger partial charge >= 0.3 is 5.97 Å². The summed E-state index contributed by atoms with van der Waals surface area (Å²) in [6.45, 7) is 4.11. The molecule has 0 aromatic carbocycles. The zero-order chi connectivity index (χ0) is 10.5. The van der Waals surface area contributed by atoms with Gasteiger partial charge in [0.05, 0.1) is 5.75 Å². The van der Waals surface area contributed by atoms with Gasteiger partial charge in [-0.15, -0.1) is 11.8 Å². The van der Waals surface area contributed by atoms with Crippen molar-refractivity contribution in [2.24, 2.45) is 0 Å². The summed E-state index contributed by atoms with van der Waals surface area (Å²) >= 11 is 1.54. The lowest BCUT2D eigenvalue weighted by molar-refractivity contribution is -0.400. The van der Waals surface area contributed by atoms with E-state index in [1.807, 2.05) is 13.8 Å². The fraction of sp³-hybridized carbons (Fsp3) is 0.875. The summed E-state index contributed by atoms with van der Waals surface area (Å²) in [5.41, 5.74) is 3.52. The number of carbonyl (C=O) groups is 1. The molecule has 0 rings (SSSR count). The van der Waals surface area contributed by atoms with E-state index in [0.29, 0.717) is 12.2 Å². The number of carboxylic acids is 1. The van der Waals surface area contributed by atoms with Gasteiger partial charge < -0.3 is 15.9 Å². The first-order valence-electron chi connectivity index (χ1n) is 4.20. The summed E-state index contributed by atoms with van der Waals surface area (Å²) in [5.74, 6) is -0.380. The van der Waals surface area contributed by atoms with Crippen molar-refractivity contribution >= 4 is 17.7 Å². The van der Waals surface area contributed by atoms with Crippen LogP contribution in [0.1, 0.15) is 20.3 Å². The Morgan fingerprint density at radius 2 is 2.15 bits per heavy atom. The van der Waals surface area contributed by atoms with E-state index in [1.165, 1.54) is 11.8 Å². The summed E-state index contributed by atoms with van der Waals surface area (Å²) in [6.07, 6.45) is 0.671. The van der Waals surface area contributed by atoms with Gasteiger partial charge in [-0.3, -0.25) is 0 Å². The molecule has 4 nitrogen and oxygen atoms in total. The smallest absolute Gasteiger partial charge is 0.363 e. The van der Waals surface area contributed by atoms with Crippen LogP contribution in [0.5, 0.6) is 0 Å². The number of hydrogen-bond donors (Lipinski definition) is 3. The molecule has 0 saturated heterocycles. The maximum Gasteiger partial charge on any atom is 0.363 e. The number of carboxylic acid groups (broad SMARTS) is 1. The first-order valence-corrected chi connectivity index (χ1v) is 5.18. The van der Waals surface area contributed by atoms with E-state index >= 15 is 0 Å². The van der Waals surface area contributed by atoms with Gasteiger partial charge in [0, 0.05) is 11.4 Å². The van der Waals surface area contributed by atoms with Crippen molar-refractivity contribution in [1.29, 1.82) is 0 Å². The van der Waals surface area contributed by atoms with Crippen molar-refractivity contribution in [3.05, 3.63) is 0 Å². The van der Waals surface area contributed by atoms with Crippen molar-refractivity contribution < 1.29 is 20.7 Å². The first-order chi connectivity index (χ1) is 5.89. The first kappa shape index (κ1) is 12.7. The summed E-state index contributed by atoms with van der Waals surface area (Å²) in [5, 5.41) is 17.3. The third kappa shape index (κ3) is 5.90. The molecule has 1 atom stereocenters. The number of thioether (sulfide) groups is 1. The molecule has 0 amide bonds. The van der Waals surface area contributed by atoms with Crippen molar-refractivity contribution in [2.75, 3.05) is 12.4 Å². The van der Waals surface area contributed by atoms with E-state index in [0.717, 1.165) is 0 Å². The minimum absolute atomic E-state index is 0.0693. The summed E-state index contributed by atoms with van der Waals surface area (Å²) in [7, 11) is 0. The molecular formula is C8H18NO3S+. The minimum atomic E-state index is -0.868. The molecule has 0 aliphatic rings. The Kier molecular flexibility index (Phi) is 5.36. The fourth-order valence-corrected chi connectivity index (χ4v) is 1.77. The molecule has 0 saturated carbocycles. The standard InChI is InChI=1S/C8H17NO3S/c1-8(2,3-4-10)13-5-6(9)7(11)12/h6,10H,3-5,9H2,1-2H3,(H,11,12)/p+1. The molecule has 0 fully saturated rings. The number of aliphatic hydroxyl groups excluding tert-OH is 1. The Bertz CT molecular complexity index is 173. The monoisotopic (exact) mass is 208 g/mol. The quantitative estimate of drug-likeness (QED) is 0.553. The number of aliphatic hydroxyl groups is 1. The third-order valence-electron chi connectivity index (χ3n) is 1.74. The molecule has 0 spiro atoms. The molecule has 0 aromatic heterocycles. The van der Waals surface area contributed by atoms with Crippen LogP contribution in [0.25, 0.3) is 0 Å². The summed E-state index contributed by atoms with van der Waals surface area (Å²) in [4.78, 5) is 10.4. The highest BCUT2D eigenvalue weighted by Gasteiger charge is 2.23. The molecular weight excluding hydrogens is 190 g/mol. The normalized spacial score (nSPS) is 14.2. The van der Waals surface area contributed by atoms with Crippen LogP contribution in [0.15, 0.2) is 0 Å². The van der Waals surface area contributed by atoms with Crippen LogP contribution in [-0.2, 0) is 4.79 Å². The van der Waals surface area contributed by atoms with Gasteiger partial charge in [-0.25, -0.2) is 4.79 Å². The van der Waals surface area contributed by atoms with Crippen molar-refractivity contribution in [1.82, 2.24) is 0 Å². The van der Waals surface area contributed by atoms with Crippen LogP contribution >= 0.6 is 11.8 Å². The van der Waals surface area contributed by atoms with Gasteiger partial charge in [-0.1, -0.05) is 13.8 Å². The Balaban J connectivity index is 3.80. The maximum absolute atomic E-state index is 10.4. The molecule has 0 radical (unpaired) electrons. The van der Waals surface area contributed by atoms with E-state index in [1.54, 1.807) is 0 Å². The van der Waals surface area contributed by atoms with E-state index in [9.17, 15) is 4.79 Å². The average Bonchev–Trinajstić information content (AvgIpc) is 2.00. The van der Waals surface area contributed by atoms with E-state index in [2.05, 4.69) is 5.73 Å². The molecule has 1 unspecified atom stereocenters. The number of quaternary nitrogens is 1. The Morgan fingerprint density at radius 3 is 2.54 bits per heavy atom. The summed E-state index contributed by atoms with van der Waals surface area (Å²) in [6, 6.07) is -0.567. The lowest BCUT2D eigenvalue weighted by atomic mass is 10.1. The zero-order valence-electron chi connectivity index (χ0n) is 8.12. The second-order valence-electron chi connectivity index (χ2n) is 3.58. The molecule has 0 aromatic rings. The second-order valence-corrected chi connectivity index (χ2v) is 5.31. The molecule has 5 N–H and O–H groups in total. The van der Waals surface area contributed by atoms with E-state index in [4.69, 9.17) is 10.2 Å². The van der Waals surface area contributed by atoms with Crippen LogP contribution in [0.2, 0.25) is 0 Å². The van der Waals surface area contributed by atoms with Crippen LogP contribution in [0, 0.1) is 0 Å². The van der Waals surface area contributed by atoms with E-state index < -0.39 is 12.0 Å². The molecule has 0 heterocycles. The third-order valence-corrected chi connectivity index (χ3v) is 3.29. The van der Waals surface area contributed by atoms with Gasteiger partial charge in [0.25, 0.3) is 0 Å². The number of aliphatic carboxylic acids is 1. The van der Waals surface area contributed by atoms with Gasteiger partial charge in [-0.2, -0.15) is 0 Å². The van der Waals surface area contributed by atoms with Crippen molar-refractivity contribution in [2.45, 2.75) is 31.1 Å². The molecule has 5 heteroatoms. The van der Waals surface area contributed by atoms with E-state index in [-0.39, 0.29) is 11.4 Å². The van der Waals surface area contributed by atoms with Crippen LogP contribution in [-0.4, -0.2) is 39.3 Å². The van der Waals surface area contributed by atoms with Gasteiger partial charge in [0.15, 0.2) is 6.04 Å². The topological polar surface area (TPSA) is 85.2 Å². The summed E-state index contributed by atoms with van der Waals surface area (Å²) < 4.78 is -0.0693. The predicted octanol–water partition coefficient (Wildman–Crippen LogP) is -0.424. The van der Waals surface area contributed by atoms with Gasteiger partial charge in [0.2, 0.25) is 0 Å². The second kappa shape index (κ2) is 5.47. The Morgan fingerprint density at radius 1 is 1.62 bits per heavy atom.